The van der Waals surface area contributed by atoms with Gasteiger partial charge in [0.25, 0.3) is 0 Å². The van der Waals surface area contributed by atoms with Crippen molar-refractivity contribution < 1.29 is 38.4 Å². The van der Waals surface area contributed by atoms with Crippen molar-refractivity contribution in [3.8, 4) is 5.75 Å². The molecule has 1 N–H and O–H groups in total. The summed E-state index contributed by atoms with van der Waals surface area (Å²) < 4.78 is 21.8. The fourth-order valence-electron chi connectivity index (χ4n) is 4.57. The Morgan fingerprint density at radius 2 is 1.39 bits per heavy atom. The Kier molecular flexibility index (Phi) is 10.7. The maximum atomic E-state index is 13.5. The van der Waals surface area contributed by atoms with Crippen LogP contribution in [0.1, 0.15) is 76.5 Å². The Balaban J connectivity index is 2.39. The third kappa shape index (κ3) is 7.13. The van der Waals surface area contributed by atoms with E-state index in [1.807, 2.05) is 52.0 Å². The molecule has 41 heavy (non-hydrogen) atoms. The second-order valence-corrected chi connectivity index (χ2v) is 9.74. The Morgan fingerprint density at radius 3 is 2.00 bits per heavy atom. The molecule has 3 aromatic carbocycles. The van der Waals surface area contributed by atoms with Crippen LogP contribution in [0.15, 0.2) is 48.7 Å². The molecule has 0 aliphatic heterocycles. The number of ether oxygens (including phenoxy) is 4. The van der Waals surface area contributed by atoms with E-state index in [0.717, 1.165) is 28.3 Å². The number of benzene rings is 3. The fraction of sp³-hybridized carbons (Fsp3) is 0.364. The van der Waals surface area contributed by atoms with Gasteiger partial charge in [0, 0.05) is 16.3 Å². The van der Waals surface area contributed by atoms with E-state index in [1.54, 1.807) is 26.8 Å². The summed E-state index contributed by atoms with van der Waals surface area (Å²) in [5.41, 5.74) is 4.73. The lowest BCUT2D eigenvalue weighted by Gasteiger charge is -2.26. The highest BCUT2D eigenvalue weighted by molar-refractivity contribution is 6.08. The van der Waals surface area contributed by atoms with Gasteiger partial charge < -0.3 is 24.1 Å². The highest BCUT2D eigenvalue weighted by Gasteiger charge is 2.36. The number of carbonyl (C=O) groups is 3. The van der Waals surface area contributed by atoms with Gasteiger partial charge in [0.15, 0.2) is 0 Å². The molecular weight excluding hydrogens is 524 g/mol. The van der Waals surface area contributed by atoms with Crippen molar-refractivity contribution in [3.63, 3.8) is 0 Å². The molecule has 2 atom stereocenters. The molecule has 0 unspecified atom stereocenters. The summed E-state index contributed by atoms with van der Waals surface area (Å²) in [4.78, 5) is 38.8. The smallest absolute Gasteiger partial charge is 0.338 e. The average Bonchev–Trinajstić information content (AvgIpc) is 2.92. The summed E-state index contributed by atoms with van der Waals surface area (Å²) in [6.45, 7) is 13.2. The highest BCUT2D eigenvalue weighted by Crippen LogP contribution is 2.43. The first-order chi connectivity index (χ1) is 19.5. The number of rotatable bonds is 11. The SMILES string of the molecule is CCOC(=O)/C=C/Oc1c([C@H](C(=O)OCC)[C@@H](O)c2ccc(C)c(C)c2)cc(C(=O)OCC)c2cc(C)c(C)cc12. The normalized spacial score (nSPS) is 12.7. The number of esters is 3. The molecule has 0 aliphatic rings. The molecule has 8 nitrogen and oxygen atoms in total. The molecule has 0 aromatic heterocycles. The fourth-order valence-corrected chi connectivity index (χ4v) is 4.57. The van der Waals surface area contributed by atoms with Gasteiger partial charge in [0.2, 0.25) is 0 Å². The molecule has 0 fully saturated rings. The van der Waals surface area contributed by atoms with Crippen LogP contribution in [0.2, 0.25) is 0 Å². The average molecular weight is 563 g/mol. The van der Waals surface area contributed by atoms with Crippen LogP contribution < -0.4 is 4.74 Å². The zero-order valence-corrected chi connectivity index (χ0v) is 24.7. The van der Waals surface area contributed by atoms with Gasteiger partial charge in [0.05, 0.1) is 43.8 Å². The Labute approximate surface area is 240 Å². The predicted octanol–water partition coefficient (Wildman–Crippen LogP) is 6.09. The summed E-state index contributed by atoms with van der Waals surface area (Å²) in [6.07, 6.45) is 0.947. The molecule has 3 aromatic rings. The van der Waals surface area contributed by atoms with Crippen LogP contribution in [0.25, 0.3) is 10.8 Å². The van der Waals surface area contributed by atoms with Crippen molar-refractivity contribution in [1.82, 2.24) is 0 Å². The monoisotopic (exact) mass is 562 g/mol. The van der Waals surface area contributed by atoms with E-state index in [1.165, 1.54) is 12.3 Å². The van der Waals surface area contributed by atoms with E-state index in [0.29, 0.717) is 16.3 Å². The lowest BCUT2D eigenvalue weighted by molar-refractivity contribution is -0.148. The van der Waals surface area contributed by atoms with Crippen LogP contribution >= 0.6 is 0 Å². The van der Waals surface area contributed by atoms with Gasteiger partial charge in [-0.2, -0.15) is 0 Å². The first-order valence-corrected chi connectivity index (χ1v) is 13.7. The van der Waals surface area contributed by atoms with Crippen molar-refractivity contribution in [2.24, 2.45) is 0 Å². The van der Waals surface area contributed by atoms with Gasteiger partial charge in [-0.05, 0) is 88.4 Å². The number of hydrogen-bond donors (Lipinski definition) is 1. The van der Waals surface area contributed by atoms with Crippen molar-refractivity contribution in [2.45, 2.75) is 60.5 Å². The molecule has 0 spiro atoms. The summed E-state index contributed by atoms with van der Waals surface area (Å²) in [6, 6.07) is 10.6. The highest BCUT2D eigenvalue weighted by atomic mass is 16.5. The first kappa shape index (κ1) is 31.4. The second-order valence-electron chi connectivity index (χ2n) is 9.74. The zero-order valence-electron chi connectivity index (χ0n) is 24.7. The van der Waals surface area contributed by atoms with Crippen LogP contribution in [-0.2, 0) is 23.8 Å². The van der Waals surface area contributed by atoms with E-state index in [4.69, 9.17) is 18.9 Å². The third-order valence-corrected chi connectivity index (χ3v) is 6.97. The van der Waals surface area contributed by atoms with Crippen LogP contribution in [-0.4, -0.2) is 42.8 Å². The number of hydrogen-bond acceptors (Lipinski definition) is 8. The molecule has 3 rings (SSSR count). The van der Waals surface area contributed by atoms with Gasteiger partial charge in [-0.1, -0.05) is 24.3 Å². The molecular formula is C33H38O8. The third-order valence-electron chi connectivity index (χ3n) is 6.97. The topological polar surface area (TPSA) is 108 Å². The molecule has 0 aliphatic carbocycles. The minimum atomic E-state index is -1.34. The minimum absolute atomic E-state index is 0.0740. The zero-order chi connectivity index (χ0) is 30.3. The molecule has 0 saturated carbocycles. The van der Waals surface area contributed by atoms with Crippen molar-refractivity contribution in [2.75, 3.05) is 19.8 Å². The van der Waals surface area contributed by atoms with Gasteiger partial charge >= 0.3 is 17.9 Å². The molecule has 218 valence electrons. The molecule has 8 heteroatoms. The first-order valence-electron chi connectivity index (χ1n) is 13.7. The number of fused-ring (bicyclic) bond motifs is 1. The van der Waals surface area contributed by atoms with Crippen molar-refractivity contribution >= 4 is 28.7 Å². The van der Waals surface area contributed by atoms with Gasteiger partial charge in [0.1, 0.15) is 11.7 Å². The molecule has 0 saturated heterocycles. The summed E-state index contributed by atoms with van der Waals surface area (Å²) in [5.74, 6) is -2.97. The molecule has 0 amide bonds. The van der Waals surface area contributed by atoms with E-state index in [2.05, 4.69) is 0 Å². The van der Waals surface area contributed by atoms with Gasteiger partial charge in [-0.25, -0.2) is 9.59 Å². The van der Waals surface area contributed by atoms with Gasteiger partial charge in [-0.15, -0.1) is 0 Å². The standard InChI is InChI=1S/C33H38O8/c1-8-38-28(34)13-14-41-31-25-17-22(7)21(6)16-24(25)26(32(36)39-9-2)18-27(31)29(33(37)40-10-3)30(35)23-12-11-19(4)20(5)15-23/h11-18,29-30,35H,8-10H2,1-7H3/b14-13+/t29-,30-/m0/s1. The molecule has 0 radical (unpaired) electrons. The second kappa shape index (κ2) is 13.9. The maximum Gasteiger partial charge on any atom is 0.338 e. The van der Waals surface area contributed by atoms with E-state index >= 15 is 0 Å². The number of aliphatic hydroxyl groups is 1. The summed E-state index contributed by atoms with van der Waals surface area (Å²) >= 11 is 0. The summed E-state index contributed by atoms with van der Waals surface area (Å²) in [7, 11) is 0. The van der Waals surface area contributed by atoms with Crippen LogP contribution in [0.4, 0.5) is 0 Å². The van der Waals surface area contributed by atoms with Gasteiger partial charge in [-0.3, -0.25) is 4.79 Å². The minimum Gasteiger partial charge on any atom is -0.465 e. The predicted molar refractivity (Wildman–Crippen MR) is 156 cm³/mol. The van der Waals surface area contributed by atoms with Crippen molar-refractivity contribution in [3.05, 3.63) is 87.7 Å². The number of aliphatic hydroxyl groups excluding tert-OH is 1. The van der Waals surface area contributed by atoms with Crippen LogP contribution in [0.5, 0.6) is 5.75 Å². The summed E-state index contributed by atoms with van der Waals surface area (Å²) in [5, 5.41) is 12.7. The quantitative estimate of drug-likeness (QED) is 0.130. The number of aryl methyl sites for hydroxylation is 4. The Bertz CT molecular complexity index is 1470. The largest absolute Gasteiger partial charge is 0.465 e. The molecule has 0 heterocycles. The Hall–Kier alpha value is -4.17. The van der Waals surface area contributed by atoms with E-state index < -0.39 is 29.9 Å². The number of carbonyl (C=O) groups excluding carboxylic acids is 3. The lowest BCUT2D eigenvalue weighted by atomic mass is 9.84. The van der Waals surface area contributed by atoms with E-state index in [-0.39, 0.29) is 36.7 Å². The van der Waals surface area contributed by atoms with E-state index in [9.17, 15) is 19.5 Å². The molecule has 0 bridgehead atoms. The van der Waals surface area contributed by atoms with Crippen molar-refractivity contribution in [1.29, 1.82) is 0 Å². The van der Waals surface area contributed by atoms with Crippen LogP contribution in [0, 0.1) is 27.7 Å². The Morgan fingerprint density at radius 1 is 0.780 bits per heavy atom. The maximum absolute atomic E-state index is 13.5. The lowest BCUT2D eigenvalue weighted by Crippen LogP contribution is -2.24. The van der Waals surface area contributed by atoms with Crippen LogP contribution in [0.3, 0.4) is 0 Å².